The number of aldehydes is 2. The summed E-state index contributed by atoms with van der Waals surface area (Å²) >= 11 is 0. The van der Waals surface area contributed by atoms with Crippen LogP contribution in [-0.4, -0.2) is 43.9 Å². The molecule has 0 radical (unpaired) electrons. The molecule has 2 heterocycles. The molecule has 0 aromatic carbocycles. The highest BCUT2D eigenvalue weighted by Gasteiger charge is 2.12. The molecule has 2 aromatic rings. The van der Waals surface area contributed by atoms with Crippen LogP contribution in [0.4, 0.5) is 0 Å². The third-order valence-electron chi connectivity index (χ3n) is 2.32. The molecule has 0 N–H and O–H groups in total. The molecule has 126 valence electrons. The summed E-state index contributed by atoms with van der Waals surface area (Å²) in [6, 6.07) is 0. The van der Waals surface area contributed by atoms with Crippen molar-refractivity contribution in [1.82, 2.24) is 19.9 Å². The van der Waals surface area contributed by atoms with E-state index in [-0.39, 0.29) is 28.5 Å². The lowest BCUT2D eigenvalue weighted by Gasteiger charge is -2.19. The molecule has 0 amide bonds. The molecule has 0 aliphatic carbocycles. The van der Waals surface area contributed by atoms with E-state index >= 15 is 0 Å². The van der Waals surface area contributed by atoms with Gasteiger partial charge < -0.3 is 4.74 Å². The zero-order chi connectivity index (χ0) is 18.2. The Bertz CT molecular complexity index is 709. The molecule has 0 spiro atoms. The summed E-state index contributed by atoms with van der Waals surface area (Å²) in [6.45, 7) is 7.11. The molecule has 8 nitrogen and oxygen atoms in total. The van der Waals surface area contributed by atoms with E-state index in [9.17, 15) is 14.4 Å². The number of ketones is 1. The third-order valence-corrected chi connectivity index (χ3v) is 2.32. The number of ether oxygens (including phenoxy) is 1. The topological polar surface area (TPSA) is 112 Å². The van der Waals surface area contributed by atoms with Crippen LogP contribution in [0.2, 0.25) is 0 Å². The van der Waals surface area contributed by atoms with E-state index in [1.807, 2.05) is 20.8 Å². The monoisotopic (exact) mass is 330 g/mol. The molecular weight excluding hydrogens is 312 g/mol. The SMILES string of the molecule is CC(=O)c1cnc(C=O)cn1.CC(C)(C)Oc1cncc(C=O)n1. The molecule has 0 aliphatic heterocycles. The Morgan fingerprint density at radius 2 is 1.67 bits per heavy atom. The predicted octanol–water partition coefficient (Wildman–Crippen LogP) is 1.96. The van der Waals surface area contributed by atoms with E-state index in [1.54, 1.807) is 0 Å². The first-order valence-electron chi connectivity index (χ1n) is 6.99. The molecular formula is C16H18N4O4. The molecule has 2 aromatic heterocycles. The Labute approximate surface area is 139 Å². The molecule has 24 heavy (non-hydrogen) atoms. The van der Waals surface area contributed by atoms with E-state index in [2.05, 4.69) is 19.9 Å². The number of nitrogens with zero attached hydrogens (tertiary/aromatic N) is 4. The highest BCUT2D eigenvalue weighted by molar-refractivity contribution is 5.91. The van der Waals surface area contributed by atoms with Gasteiger partial charge in [0.05, 0.1) is 24.8 Å². The standard InChI is InChI=1S/C9H12N2O2.C7H6N2O2/c1-9(2,3)13-8-5-10-4-7(6-12)11-8;1-5(11)7-3-8-6(4-10)2-9-7/h4-6H,1-3H3;2-4H,1H3. The van der Waals surface area contributed by atoms with Crippen molar-refractivity contribution < 1.29 is 19.1 Å². The summed E-state index contributed by atoms with van der Waals surface area (Å²) in [6.07, 6.45) is 6.65. The van der Waals surface area contributed by atoms with Gasteiger partial charge in [0.1, 0.15) is 22.7 Å². The van der Waals surface area contributed by atoms with Crippen molar-refractivity contribution in [2.45, 2.75) is 33.3 Å². The number of rotatable bonds is 4. The van der Waals surface area contributed by atoms with Gasteiger partial charge in [0.2, 0.25) is 5.88 Å². The predicted molar refractivity (Wildman–Crippen MR) is 85.2 cm³/mol. The fourth-order valence-electron chi connectivity index (χ4n) is 1.36. The number of hydrogen-bond acceptors (Lipinski definition) is 8. The second-order valence-electron chi connectivity index (χ2n) is 5.62. The van der Waals surface area contributed by atoms with Crippen LogP contribution in [0.5, 0.6) is 5.88 Å². The third kappa shape index (κ3) is 6.82. The molecule has 0 saturated carbocycles. The summed E-state index contributed by atoms with van der Waals surface area (Å²) < 4.78 is 5.41. The fourth-order valence-corrected chi connectivity index (χ4v) is 1.36. The minimum atomic E-state index is -0.323. The number of carbonyl (C=O) groups excluding carboxylic acids is 3. The van der Waals surface area contributed by atoms with Crippen molar-refractivity contribution in [3.05, 3.63) is 41.9 Å². The van der Waals surface area contributed by atoms with E-state index in [0.717, 1.165) is 0 Å². The minimum absolute atomic E-state index is 0.157. The molecule has 2 rings (SSSR count). The number of Topliss-reactive ketones (excluding diaryl/α,β-unsaturated/α-hetero) is 1. The van der Waals surface area contributed by atoms with Crippen molar-refractivity contribution in [3.8, 4) is 5.88 Å². The average Bonchev–Trinajstić information content (AvgIpc) is 2.54. The lowest BCUT2D eigenvalue weighted by atomic mass is 10.2. The molecule has 0 bridgehead atoms. The van der Waals surface area contributed by atoms with Gasteiger partial charge in [0.15, 0.2) is 18.4 Å². The first kappa shape index (κ1) is 19.0. The lowest BCUT2D eigenvalue weighted by Crippen LogP contribution is -2.23. The van der Waals surface area contributed by atoms with E-state index in [4.69, 9.17) is 4.74 Å². The Hall–Kier alpha value is -3.03. The van der Waals surface area contributed by atoms with E-state index in [0.29, 0.717) is 18.5 Å². The quantitative estimate of drug-likeness (QED) is 0.617. The van der Waals surface area contributed by atoms with Crippen LogP contribution in [0.3, 0.4) is 0 Å². The van der Waals surface area contributed by atoms with Gasteiger partial charge in [-0.3, -0.25) is 19.4 Å². The van der Waals surface area contributed by atoms with Gasteiger partial charge in [-0.15, -0.1) is 0 Å². The molecule has 0 saturated heterocycles. The maximum absolute atomic E-state index is 10.7. The van der Waals surface area contributed by atoms with Crippen molar-refractivity contribution in [2.75, 3.05) is 0 Å². The highest BCUT2D eigenvalue weighted by atomic mass is 16.5. The second kappa shape index (κ2) is 8.56. The summed E-state index contributed by atoms with van der Waals surface area (Å²) in [5.41, 5.74) is 0.461. The normalized spacial score (nSPS) is 10.2. The van der Waals surface area contributed by atoms with Crippen molar-refractivity contribution in [1.29, 1.82) is 0 Å². The molecule has 0 fully saturated rings. The Morgan fingerprint density at radius 1 is 1.00 bits per heavy atom. The molecule has 0 aliphatic rings. The van der Waals surface area contributed by atoms with Crippen LogP contribution in [-0.2, 0) is 0 Å². The van der Waals surface area contributed by atoms with Crippen LogP contribution in [0.1, 0.15) is 59.2 Å². The van der Waals surface area contributed by atoms with Crippen LogP contribution in [0.25, 0.3) is 0 Å². The average molecular weight is 330 g/mol. The molecule has 8 heteroatoms. The van der Waals surface area contributed by atoms with E-state index < -0.39 is 0 Å². The van der Waals surface area contributed by atoms with Gasteiger partial charge in [-0.1, -0.05) is 0 Å². The lowest BCUT2D eigenvalue weighted by molar-refractivity contribution is 0.101. The van der Waals surface area contributed by atoms with Crippen LogP contribution >= 0.6 is 0 Å². The number of carbonyl (C=O) groups is 3. The zero-order valence-corrected chi connectivity index (χ0v) is 13.9. The Morgan fingerprint density at radius 3 is 2.12 bits per heavy atom. The van der Waals surface area contributed by atoms with Gasteiger partial charge >= 0.3 is 0 Å². The van der Waals surface area contributed by atoms with Gasteiger partial charge in [-0.05, 0) is 20.8 Å². The Balaban J connectivity index is 0.000000243. The minimum Gasteiger partial charge on any atom is -0.471 e. The molecule has 0 atom stereocenters. The summed E-state index contributed by atoms with van der Waals surface area (Å²) in [5.74, 6) is 0.215. The summed E-state index contributed by atoms with van der Waals surface area (Å²) in [4.78, 5) is 46.2. The van der Waals surface area contributed by atoms with Gasteiger partial charge in [0.25, 0.3) is 0 Å². The van der Waals surface area contributed by atoms with Crippen molar-refractivity contribution in [3.63, 3.8) is 0 Å². The van der Waals surface area contributed by atoms with Gasteiger partial charge in [0, 0.05) is 6.92 Å². The maximum atomic E-state index is 10.7. The second-order valence-corrected chi connectivity index (χ2v) is 5.62. The van der Waals surface area contributed by atoms with Gasteiger partial charge in [-0.2, -0.15) is 0 Å². The van der Waals surface area contributed by atoms with Crippen molar-refractivity contribution in [2.24, 2.45) is 0 Å². The maximum Gasteiger partial charge on any atom is 0.233 e. The first-order chi connectivity index (χ1) is 11.2. The Kier molecular flexibility index (Phi) is 6.79. The highest BCUT2D eigenvalue weighted by Crippen LogP contribution is 2.13. The fraction of sp³-hybridized carbons (Fsp3) is 0.312. The van der Waals surface area contributed by atoms with Gasteiger partial charge in [-0.25, -0.2) is 15.0 Å². The zero-order valence-electron chi connectivity index (χ0n) is 13.9. The summed E-state index contributed by atoms with van der Waals surface area (Å²) in [5, 5.41) is 0. The van der Waals surface area contributed by atoms with Crippen LogP contribution < -0.4 is 4.74 Å². The van der Waals surface area contributed by atoms with Crippen molar-refractivity contribution >= 4 is 18.4 Å². The smallest absolute Gasteiger partial charge is 0.233 e. The molecule has 0 unspecified atom stereocenters. The number of hydrogen-bond donors (Lipinski definition) is 0. The number of aromatic nitrogens is 4. The largest absolute Gasteiger partial charge is 0.471 e. The van der Waals surface area contributed by atoms with Crippen LogP contribution in [0, 0.1) is 0 Å². The first-order valence-corrected chi connectivity index (χ1v) is 6.99. The van der Waals surface area contributed by atoms with Crippen LogP contribution in [0.15, 0.2) is 24.8 Å². The summed E-state index contributed by atoms with van der Waals surface area (Å²) in [7, 11) is 0. The van der Waals surface area contributed by atoms with E-state index in [1.165, 1.54) is 31.7 Å².